The number of benzene rings is 5. The second kappa shape index (κ2) is 20.4. The third kappa shape index (κ3) is 12.4. The molecular formula is C45H42Cl4F3N7O4. The summed E-state index contributed by atoms with van der Waals surface area (Å²) in [6, 6.07) is 27.9. The van der Waals surface area contributed by atoms with E-state index in [1.54, 1.807) is 52.7 Å². The first-order valence-corrected chi connectivity index (χ1v) is 21.1. The minimum absolute atomic E-state index is 0.0117. The van der Waals surface area contributed by atoms with Crippen molar-refractivity contribution < 1.29 is 32.3 Å². The fourth-order valence-corrected chi connectivity index (χ4v) is 8.11. The van der Waals surface area contributed by atoms with Crippen LogP contribution in [0.3, 0.4) is 0 Å². The number of urea groups is 1. The van der Waals surface area contributed by atoms with E-state index in [0.29, 0.717) is 56.4 Å². The summed E-state index contributed by atoms with van der Waals surface area (Å²) in [5.74, 6) is -2.51. The van der Waals surface area contributed by atoms with Gasteiger partial charge in [0, 0.05) is 57.6 Å². The number of hydrogen-bond acceptors (Lipinski definition) is 6. The summed E-state index contributed by atoms with van der Waals surface area (Å²) in [7, 11) is 0. The van der Waals surface area contributed by atoms with Crippen molar-refractivity contribution in [2.24, 2.45) is 11.5 Å². The van der Waals surface area contributed by atoms with E-state index < -0.39 is 24.2 Å². The molecule has 0 radical (unpaired) electrons. The third-order valence-electron chi connectivity index (χ3n) is 10.4. The smallest absolute Gasteiger partial charge is 0.333 e. The van der Waals surface area contributed by atoms with Crippen LogP contribution in [0.1, 0.15) is 51.9 Å². The van der Waals surface area contributed by atoms with Crippen LogP contribution < -0.4 is 27.4 Å². The number of anilines is 2. The van der Waals surface area contributed by atoms with Crippen LogP contribution in [-0.2, 0) is 53.4 Å². The van der Waals surface area contributed by atoms with Crippen LogP contribution in [-0.4, -0.2) is 51.8 Å². The maximum Gasteiger partial charge on any atom is 0.471 e. The Bertz CT molecular complexity index is 2510. The quantitative estimate of drug-likeness (QED) is 0.0938. The molecule has 2 aliphatic heterocycles. The maximum absolute atomic E-state index is 13.0. The van der Waals surface area contributed by atoms with Gasteiger partial charge in [-0.1, -0.05) is 101 Å². The van der Waals surface area contributed by atoms with Gasteiger partial charge in [0.1, 0.15) is 0 Å². The van der Waals surface area contributed by atoms with Gasteiger partial charge in [-0.15, -0.1) is 0 Å². The van der Waals surface area contributed by atoms with E-state index in [4.69, 9.17) is 57.9 Å². The molecule has 0 aliphatic carbocycles. The lowest BCUT2D eigenvalue weighted by Crippen LogP contribution is -2.42. The van der Waals surface area contributed by atoms with Crippen molar-refractivity contribution >= 4 is 81.5 Å². The zero-order chi connectivity index (χ0) is 45.6. The Morgan fingerprint density at radius 3 is 1.51 bits per heavy atom. The van der Waals surface area contributed by atoms with Crippen molar-refractivity contribution in [2.75, 3.05) is 10.6 Å². The Labute approximate surface area is 381 Å². The van der Waals surface area contributed by atoms with E-state index in [-0.39, 0.29) is 49.1 Å². The predicted octanol–water partition coefficient (Wildman–Crippen LogP) is 9.19. The Hall–Kier alpha value is -5.35. The summed E-state index contributed by atoms with van der Waals surface area (Å²) in [4.78, 5) is 52.4. The molecule has 330 valence electrons. The first-order valence-electron chi connectivity index (χ1n) is 19.6. The van der Waals surface area contributed by atoms with Gasteiger partial charge < -0.3 is 37.2 Å². The van der Waals surface area contributed by atoms with Gasteiger partial charge in [0.25, 0.3) is 0 Å². The van der Waals surface area contributed by atoms with Gasteiger partial charge in [0.15, 0.2) is 0 Å². The highest BCUT2D eigenvalue weighted by molar-refractivity contribution is 6.35. The molecule has 5 amide bonds. The number of amides is 5. The summed E-state index contributed by atoms with van der Waals surface area (Å²) >= 11 is 24.2. The minimum atomic E-state index is -4.98. The second-order valence-corrected chi connectivity index (χ2v) is 16.8. The molecule has 5 aromatic rings. The van der Waals surface area contributed by atoms with Gasteiger partial charge in [0.2, 0.25) is 11.8 Å². The van der Waals surface area contributed by atoms with Crippen LogP contribution in [0.2, 0.25) is 20.1 Å². The van der Waals surface area contributed by atoms with E-state index in [1.807, 2.05) is 55.5 Å². The number of rotatable bonds is 10. The molecule has 0 saturated heterocycles. The van der Waals surface area contributed by atoms with E-state index >= 15 is 0 Å². The molecule has 0 bridgehead atoms. The summed E-state index contributed by atoms with van der Waals surface area (Å²) in [5.41, 5.74) is 18.9. The van der Waals surface area contributed by atoms with Gasteiger partial charge in [-0.3, -0.25) is 14.4 Å². The number of nitrogens with zero attached hydrogens (tertiary/aromatic N) is 2. The van der Waals surface area contributed by atoms with Gasteiger partial charge >= 0.3 is 18.1 Å². The molecule has 0 unspecified atom stereocenters. The van der Waals surface area contributed by atoms with Crippen LogP contribution >= 0.6 is 46.4 Å². The lowest BCUT2D eigenvalue weighted by molar-refractivity contribution is -0.167. The van der Waals surface area contributed by atoms with E-state index in [0.717, 1.165) is 27.8 Å². The van der Waals surface area contributed by atoms with Crippen molar-refractivity contribution in [2.45, 2.75) is 70.2 Å². The lowest BCUT2D eigenvalue weighted by Gasteiger charge is -2.20. The Morgan fingerprint density at radius 2 is 1.06 bits per heavy atom. The van der Waals surface area contributed by atoms with Crippen LogP contribution in [0.15, 0.2) is 103 Å². The second-order valence-electron chi connectivity index (χ2n) is 15.1. The molecular weight excluding hydrogens is 901 g/mol. The number of carbonyl (C=O) groups is 4. The summed E-state index contributed by atoms with van der Waals surface area (Å²) in [5, 5.41) is 9.54. The summed E-state index contributed by atoms with van der Waals surface area (Å²) in [6.07, 6.45) is -4.43. The third-order valence-corrected chi connectivity index (χ3v) is 11.6. The number of alkyl halides is 3. The fraction of sp³-hybridized carbons (Fsp3) is 0.244. The number of halogens is 7. The molecule has 0 aromatic heterocycles. The largest absolute Gasteiger partial charge is 0.471 e. The Balaban J connectivity index is 0.000000213. The fourth-order valence-electron chi connectivity index (χ4n) is 7.14. The molecule has 3 atom stereocenters. The van der Waals surface area contributed by atoms with Gasteiger partial charge in [-0.05, 0) is 107 Å². The summed E-state index contributed by atoms with van der Waals surface area (Å²) < 4.78 is 37.2. The highest BCUT2D eigenvalue weighted by Crippen LogP contribution is 2.30. The molecule has 2 aliphatic rings. The van der Waals surface area contributed by atoms with Crippen molar-refractivity contribution in [1.29, 1.82) is 0 Å². The number of nitrogens with one attached hydrogen (secondary N) is 3. The molecule has 2 heterocycles. The molecule has 0 spiro atoms. The van der Waals surface area contributed by atoms with Gasteiger partial charge in [0.05, 0.1) is 18.1 Å². The number of fused-ring (bicyclic) bond motifs is 2. The monoisotopic (exact) mass is 941 g/mol. The van der Waals surface area contributed by atoms with E-state index in [2.05, 4.69) is 10.6 Å². The molecule has 11 nitrogen and oxygen atoms in total. The molecule has 5 aromatic carbocycles. The lowest BCUT2D eigenvalue weighted by atomic mass is 10.1. The average molecular weight is 944 g/mol. The first-order chi connectivity index (χ1) is 29.8. The molecule has 7 N–H and O–H groups in total. The average Bonchev–Trinajstić information content (AvgIpc) is 3.86. The topological polar surface area (TPSA) is 163 Å². The number of carbonyl (C=O) groups excluding carboxylic acids is 4. The van der Waals surface area contributed by atoms with Crippen LogP contribution in [0, 0.1) is 0 Å². The maximum atomic E-state index is 13.0. The number of hydrogen-bond donors (Lipinski definition) is 5. The zero-order valence-electron chi connectivity index (χ0n) is 33.6. The highest BCUT2D eigenvalue weighted by Gasteiger charge is 2.39. The predicted molar refractivity (Wildman–Crippen MR) is 239 cm³/mol. The molecule has 7 rings (SSSR count). The normalized spacial score (nSPS) is 14.4. The molecule has 0 fully saturated rings. The first kappa shape index (κ1) is 47.1. The Kier molecular flexibility index (Phi) is 15.3. The highest BCUT2D eigenvalue weighted by atomic mass is 35.5. The van der Waals surface area contributed by atoms with Crippen molar-refractivity contribution in [3.8, 4) is 0 Å². The van der Waals surface area contributed by atoms with Crippen LogP contribution in [0.5, 0.6) is 0 Å². The zero-order valence-corrected chi connectivity index (χ0v) is 36.6. The van der Waals surface area contributed by atoms with Crippen LogP contribution in [0.25, 0.3) is 0 Å². The van der Waals surface area contributed by atoms with E-state index in [1.165, 1.54) is 17.0 Å². The molecule has 63 heavy (non-hydrogen) atoms. The summed E-state index contributed by atoms with van der Waals surface area (Å²) in [6.45, 7) is 3.32. The van der Waals surface area contributed by atoms with Crippen molar-refractivity contribution in [1.82, 2.24) is 15.1 Å². The van der Waals surface area contributed by atoms with Crippen LogP contribution in [0.4, 0.5) is 29.3 Å². The number of nitrogens with two attached hydrogens (primary N) is 2. The Morgan fingerprint density at radius 1 is 0.619 bits per heavy atom. The van der Waals surface area contributed by atoms with Crippen molar-refractivity contribution in [3.05, 3.63) is 162 Å². The van der Waals surface area contributed by atoms with Crippen molar-refractivity contribution in [3.63, 3.8) is 0 Å². The van der Waals surface area contributed by atoms with E-state index in [9.17, 15) is 32.3 Å². The van der Waals surface area contributed by atoms with Gasteiger partial charge in [-0.25, -0.2) is 4.79 Å². The van der Waals surface area contributed by atoms with Gasteiger partial charge in [-0.2, -0.15) is 13.2 Å². The molecule has 18 heteroatoms. The molecule has 0 saturated carbocycles. The SMILES string of the molecule is C[C@H](NC(=O)Nc1ccc2c(c1)CN(C(=O)[C@H](N)Cc1ccc(Cl)cc1Cl)C2)c1ccccc1.N[C@H](Cc1ccc(Cl)cc1Cl)C(=O)N1Cc2ccc(NC(=O)C(F)(F)F)cc2C1. The minimum Gasteiger partial charge on any atom is -0.333 e. The standard InChI is InChI=1S/C26H26Cl2N4O2.C19H16Cl2F3N3O2/c1-16(17-5-3-2-4-6-17)30-26(34)31-22-10-8-19-14-32(15-20(19)11-22)25(33)24(29)12-18-7-9-21(27)13-23(18)28;20-13-3-1-10(15(21)7-13)6-16(25)17(28)27-8-11-2-4-14(5-12(11)9-27)26-18(29)19(22,23)24/h2-11,13,16,24H,12,14-15,29H2,1H3,(H2,30,31,34);1-5,7,16H,6,8-9,25H2,(H,26,29)/t16-,24+;16-/m01/s1.